The first-order valence-corrected chi connectivity index (χ1v) is 7.78. The molecular weight excluding hydrogens is 280 g/mol. The van der Waals surface area contributed by atoms with Crippen molar-refractivity contribution in [3.8, 4) is 0 Å². The summed E-state index contributed by atoms with van der Waals surface area (Å²) in [5.74, 6) is 0.995. The zero-order chi connectivity index (χ0) is 15.5. The Morgan fingerprint density at radius 3 is 2.86 bits per heavy atom. The van der Waals surface area contributed by atoms with Gasteiger partial charge in [0.1, 0.15) is 0 Å². The van der Waals surface area contributed by atoms with Crippen LogP contribution in [0.4, 0.5) is 0 Å². The van der Waals surface area contributed by atoms with E-state index < -0.39 is 0 Å². The molecule has 0 unspecified atom stereocenters. The zero-order valence-electron chi connectivity index (χ0n) is 12.9. The molecule has 0 amide bonds. The van der Waals surface area contributed by atoms with Gasteiger partial charge in [0.2, 0.25) is 0 Å². The predicted molar refractivity (Wildman–Crippen MR) is 86.9 cm³/mol. The van der Waals surface area contributed by atoms with E-state index in [9.17, 15) is 4.79 Å². The quantitative estimate of drug-likeness (QED) is 0.691. The van der Waals surface area contributed by atoms with Gasteiger partial charge in [-0.1, -0.05) is 19.1 Å². The zero-order valence-corrected chi connectivity index (χ0v) is 12.9. The van der Waals surface area contributed by atoms with E-state index in [4.69, 9.17) is 10.2 Å². The van der Waals surface area contributed by atoms with Gasteiger partial charge in [0.05, 0.1) is 12.1 Å². The molecular formula is C16H22N4O2. The van der Waals surface area contributed by atoms with Crippen molar-refractivity contribution in [2.45, 2.75) is 26.3 Å². The lowest BCUT2D eigenvalue weighted by Gasteiger charge is -2.31. The Kier molecular flexibility index (Phi) is 4.18. The van der Waals surface area contributed by atoms with E-state index in [0.29, 0.717) is 24.6 Å². The molecule has 3 rings (SSSR count). The van der Waals surface area contributed by atoms with Crippen molar-refractivity contribution in [1.82, 2.24) is 9.47 Å². The van der Waals surface area contributed by atoms with Gasteiger partial charge in [-0.05, 0) is 30.9 Å². The molecule has 1 saturated heterocycles. The van der Waals surface area contributed by atoms with Crippen LogP contribution < -0.4 is 11.5 Å². The Hall–Kier alpha value is -2.24. The van der Waals surface area contributed by atoms with Crippen LogP contribution in [0.3, 0.4) is 0 Å². The number of fused-ring (bicyclic) bond motifs is 1. The summed E-state index contributed by atoms with van der Waals surface area (Å²) in [6.45, 7) is 5.14. The van der Waals surface area contributed by atoms with E-state index in [2.05, 4.69) is 16.8 Å². The summed E-state index contributed by atoms with van der Waals surface area (Å²) in [6, 6.07) is 7.41. The maximum Gasteiger partial charge on any atom is 0.420 e. The molecule has 1 fully saturated rings. The van der Waals surface area contributed by atoms with E-state index in [-0.39, 0.29) is 5.76 Å². The molecule has 1 aliphatic heterocycles. The molecule has 1 aliphatic rings. The summed E-state index contributed by atoms with van der Waals surface area (Å²) in [5.41, 5.74) is 7.45. The fourth-order valence-electron chi connectivity index (χ4n) is 2.83. The van der Waals surface area contributed by atoms with Crippen LogP contribution >= 0.6 is 0 Å². The first kappa shape index (κ1) is 14.7. The number of hydrogen-bond donors (Lipinski definition) is 1. The highest BCUT2D eigenvalue weighted by atomic mass is 16.4. The number of guanidine groups is 1. The van der Waals surface area contributed by atoms with Gasteiger partial charge in [0.25, 0.3) is 0 Å². The maximum absolute atomic E-state index is 11.9. The van der Waals surface area contributed by atoms with Crippen LogP contribution in [0.2, 0.25) is 0 Å². The molecule has 0 aliphatic carbocycles. The smallest absolute Gasteiger partial charge is 0.408 e. The third-order valence-corrected chi connectivity index (χ3v) is 4.28. The number of aromatic nitrogens is 1. The SMILES string of the molecule is CC1CCN(C(N)=NCCn2c(=O)oc3ccccc32)CC1. The minimum atomic E-state index is -0.346. The fourth-order valence-corrected chi connectivity index (χ4v) is 2.83. The first-order valence-electron chi connectivity index (χ1n) is 7.78. The molecule has 6 heteroatoms. The largest absolute Gasteiger partial charge is 0.420 e. The second-order valence-corrected chi connectivity index (χ2v) is 5.90. The number of likely N-dealkylation sites (tertiary alicyclic amines) is 1. The summed E-state index contributed by atoms with van der Waals surface area (Å²) in [6.07, 6.45) is 2.31. The maximum atomic E-state index is 11.9. The van der Waals surface area contributed by atoms with Gasteiger partial charge in [-0.2, -0.15) is 0 Å². The number of oxazole rings is 1. The van der Waals surface area contributed by atoms with Crippen LogP contribution in [0.15, 0.2) is 38.5 Å². The van der Waals surface area contributed by atoms with E-state index in [1.165, 1.54) is 0 Å². The minimum Gasteiger partial charge on any atom is -0.408 e. The van der Waals surface area contributed by atoms with Crippen LogP contribution in [0.5, 0.6) is 0 Å². The molecule has 0 atom stereocenters. The standard InChI is InChI=1S/C16H22N4O2/c1-12-6-9-19(10-7-12)15(17)18-8-11-20-13-4-2-3-5-14(13)22-16(20)21/h2-5,12H,6-11H2,1H3,(H2,17,18). The summed E-state index contributed by atoms with van der Waals surface area (Å²) >= 11 is 0. The first-order chi connectivity index (χ1) is 10.6. The average Bonchev–Trinajstić information content (AvgIpc) is 2.84. The second kappa shape index (κ2) is 6.25. The van der Waals surface area contributed by atoms with Crippen molar-refractivity contribution < 1.29 is 4.42 Å². The molecule has 1 aromatic carbocycles. The fraction of sp³-hybridized carbons (Fsp3) is 0.500. The van der Waals surface area contributed by atoms with Crippen LogP contribution in [-0.2, 0) is 6.54 Å². The highest BCUT2D eigenvalue weighted by Gasteiger charge is 2.16. The highest BCUT2D eigenvalue weighted by molar-refractivity contribution is 5.78. The van der Waals surface area contributed by atoms with Crippen molar-refractivity contribution in [3.05, 3.63) is 34.8 Å². The van der Waals surface area contributed by atoms with Crippen molar-refractivity contribution in [2.24, 2.45) is 16.6 Å². The second-order valence-electron chi connectivity index (χ2n) is 5.90. The average molecular weight is 302 g/mol. The monoisotopic (exact) mass is 302 g/mol. The summed E-state index contributed by atoms with van der Waals surface area (Å²) in [4.78, 5) is 18.4. The molecule has 1 aromatic heterocycles. The van der Waals surface area contributed by atoms with Gasteiger partial charge in [-0.3, -0.25) is 9.56 Å². The lowest BCUT2D eigenvalue weighted by molar-refractivity contribution is 0.277. The third kappa shape index (κ3) is 3.00. The number of piperidine rings is 1. The Morgan fingerprint density at radius 1 is 1.36 bits per heavy atom. The topological polar surface area (TPSA) is 76.8 Å². The normalized spacial score (nSPS) is 17.3. The van der Waals surface area contributed by atoms with Crippen LogP contribution in [0, 0.1) is 5.92 Å². The van der Waals surface area contributed by atoms with Crippen molar-refractivity contribution in [3.63, 3.8) is 0 Å². The Labute approximate surface area is 129 Å². The molecule has 0 spiro atoms. The summed E-state index contributed by atoms with van der Waals surface area (Å²) in [5, 5.41) is 0. The lowest BCUT2D eigenvalue weighted by atomic mass is 10.00. The number of para-hydroxylation sites is 2. The number of nitrogens with two attached hydrogens (primary N) is 1. The molecule has 2 N–H and O–H groups in total. The van der Waals surface area contributed by atoms with Gasteiger partial charge < -0.3 is 15.1 Å². The lowest BCUT2D eigenvalue weighted by Crippen LogP contribution is -2.42. The van der Waals surface area contributed by atoms with E-state index in [1.54, 1.807) is 10.6 Å². The van der Waals surface area contributed by atoms with Gasteiger partial charge in [-0.25, -0.2) is 4.79 Å². The van der Waals surface area contributed by atoms with Gasteiger partial charge in [0.15, 0.2) is 11.5 Å². The van der Waals surface area contributed by atoms with Crippen LogP contribution in [0.25, 0.3) is 11.1 Å². The van der Waals surface area contributed by atoms with E-state index >= 15 is 0 Å². The van der Waals surface area contributed by atoms with Crippen LogP contribution in [-0.4, -0.2) is 35.1 Å². The highest BCUT2D eigenvalue weighted by Crippen LogP contribution is 2.15. The number of rotatable bonds is 3. The molecule has 0 bridgehead atoms. The molecule has 2 heterocycles. The molecule has 22 heavy (non-hydrogen) atoms. The number of nitrogens with zero attached hydrogens (tertiary/aromatic N) is 3. The van der Waals surface area contributed by atoms with E-state index in [0.717, 1.165) is 37.4 Å². The Morgan fingerprint density at radius 2 is 2.09 bits per heavy atom. The summed E-state index contributed by atoms with van der Waals surface area (Å²) in [7, 11) is 0. The van der Waals surface area contributed by atoms with E-state index in [1.807, 2.05) is 18.2 Å². The van der Waals surface area contributed by atoms with Crippen molar-refractivity contribution in [1.29, 1.82) is 0 Å². The molecule has 118 valence electrons. The number of hydrogen-bond acceptors (Lipinski definition) is 3. The number of benzene rings is 1. The molecule has 0 saturated carbocycles. The van der Waals surface area contributed by atoms with Gasteiger partial charge >= 0.3 is 5.76 Å². The molecule has 2 aromatic rings. The van der Waals surface area contributed by atoms with Crippen molar-refractivity contribution in [2.75, 3.05) is 19.6 Å². The van der Waals surface area contributed by atoms with Crippen molar-refractivity contribution >= 4 is 17.1 Å². The third-order valence-electron chi connectivity index (χ3n) is 4.28. The van der Waals surface area contributed by atoms with Gasteiger partial charge in [-0.15, -0.1) is 0 Å². The molecule has 6 nitrogen and oxygen atoms in total. The van der Waals surface area contributed by atoms with Gasteiger partial charge in [0, 0.05) is 19.6 Å². The minimum absolute atomic E-state index is 0.346. The Bertz CT molecular complexity index is 723. The van der Waals surface area contributed by atoms with Crippen LogP contribution in [0.1, 0.15) is 19.8 Å². The molecule has 0 radical (unpaired) electrons. The summed E-state index contributed by atoms with van der Waals surface area (Å²) < 4.78 is 6.80. The predicted octanol–water partition coefficient (Wildman–Crippen LogP) is 1.64. The Balaban J connectivity index is 1.65. The number of aliphatic imine (C=N–C) groups is 1.